The molecule has 0 bridgehead atoms. The van der Waals surface area contributed by atoms with Gasteiger partial charge in [0.05, 0.1) is 6.61 Å². The SMILES string of the molecule is CCCCOCC/C=C/C=C/CN(C)C(=O)OC(C)(C)C. The van der Waals surface area contributed by atoms with E-state index in [-0.39, 0.29) is 6.09 Å². The molecule has 0 heterocycles. The molecule has 0 fully saturated rings. The van der Waals surface area contributed by atoms with Crippen molar-refractivity contribution in [1.82, 2.24) is 4.90 Å². The van der Waals surface area contributed by atoms with E-state index in [0.29, 0.717) is 6.54 Å². The number of rotatable bonds is 9. The molecule has 0 N–H and O–H groups in total. The van der Waals surface area contributed by atoms with Crippen molar-refractivity contribution in [3.05, 3.63) is 24.3 Å². The quantitative estimate of drug-likeness (QED) is 0.473. The van der Waals surface area contributed by atoms with Crippen molar-refractivity contribution in [3.63, 3.8) is 0 Å². The van der Waals surface area contributed by atoms with Crippen molar-refractivity contribution in [3.8, 4) is 0 Å². The van der Waals surface area contributed by atoms with Gasteiger partial charge in [0.1, 0.15) is 5.60 Å². The number of hydrogen-bond donors (Lipinski definition) is 0. The summed E-state index contributed by atoms with van der Waals surface area (Å²) in [6.45, 7) is 9.89. The minimum atomic E-state index is -0.452. The van der Waals surface area contributed by atoms with Crippen LogP contribution in [0.2, 0.25) is 0 Å². The van der Waals surface area contributed by atoms with Crippen molar-refractivity contribution in [2.75, 3.05) is 26.8 Å². The van der Waals surface area contributed by atoms with Gasteiger partial charge in [-0.2, -0.15) is 0 Å². The van der Waals surface area contributed by atoms with Gasteiger partial charge in [0.25, 0.3) is 0 Å². The van der Waals surface area contributed by atoms with E-state index in [2.05, 4.69) is 13.0 Å². The molecule has 0 aromatic heterocycles. The predicted molar refractivity (Wildman–Crippen MR) is 87.5 cm³/mol. The highest BCUT2D eigenvalue weighted by molar-refractivity contribution is 5.67. The largest absolute Gasteiger partial charge is 0.444 e. The Morgan fingerprint density at radius 3 is 2.43 bits per heavy atom. The molecule has 0 saturated heterocycles. The molecule has 0 aromatic carbocycles. The van der Waals surface area contributed by atoms with Crippen LogP contribution in [0.4, 0.5) is 4.79 Å². The van der Waals surface area contributed by atoms with E-state index in [9.17, 15) is 4.79 Å². The van der Waals surface area contributed by atoms with E-state index in [1.165, 1.54) is 6.42 Å². The Bertz CT molecular complexity index is 329. The summed E-state index contributed by atoms with van der Waals surface area (Å²) in [6, 6.07) is 0. The summed E-state index contributed by atoms with van der Waals surface area (Å²) >= 11 is 0. The highest BCUT2D eigenvalue weighted by atomic mass is 16.6. The molecule has 0 saturated carbocycles. The molecule has 0 aliphatic carbocycles. The van der Waals surface area contributed by atoms with Gasteiger partial charge < -0.3 is 14.4 Å². The van der Waals surface area contributed by atoms with Crippen molar-refractivity contribution < 1.29 is 14.3 Å². The zero-order chi connectivity index (χ0) is 16.1. The summed E-state index contributed by atoms with van der Waals surface area (Å²) in [6.07, 6.45) is 10.8. The molecule has 0 aliphatic rings. The number of allylic oxidation sites excluding steroid dienone is 2. The minimum Gasteiger partial charge on any atom is -0.444 e. The first-order chi connectivity index (χ1) is 9.87. The lowest BCUT2D eigenvalue weighted by Gasteiger charge is -2.23. The van der Waals surface area contributed by atoms with Crippen molar-refractivity contribution in [1.29, 1.82) is 0 Å². The van der Waals surface area contributed by atoms with Gasteiger partial charge in [-0.3, -0.25) is 0 Å². The molecule has 0 atom stereocenters. The molecule has 0 unspecified atom stereocenters. The Kier molecular flexibility index (Phi) is 10.7. The third-order valence-electron chi connectivity index (χ3n) is 2.54. The molecule has 0 spiro atoms. The van der Waals surface area contributed by atoms with Crippen LogP contribution < -0.4 is 0 Å². The molecule has 0 aromatic rings. The molecule has 4 heteroatoms. The third kappa shape index (κ3) is 13.4. The Morgan fingerprint density at radius 1 is 1.14 bits per heavy atom. The number of carbonyl (C=O) groups is 1. The number of ether oxygens (including phenoxy) is 2. The highest BCUT2D eigenvalue weighted by Crippen LogP contribution is 2.08. The van der Waals surface area contributed by atoms with Gasteiger partial charge in [-0.25, -0.2) is 4.79 Å². The molecular formula is C17H31NO3. The molecule has 122 valence electrons. The summed E-state index contributed by atoms with van der Waals surface area (Å²) in [4.78, 5) is 13.2. The third-order valence-corrected chi connectivity index (χ3v) is 2.54. The molecule has 0 radical (unpaired) electrons. The normalized spacial score (nSPS) is 12.2. The first-order valence-electron chi connectivity index (χ1n) is 7.70. The fraction of sp³-hybridized carbons (Fsp3) is 0.706. The maximum absolute atomic E-state index is 11.7. The highest BCUT2D eigenvalue weighted by Gasteiger charge is 2.18. The van der Waals surface area contributed by atoms with Crippen LogP contribution in [0, 0.1) is 0 Å². The monoisotopic (exact) mass is 297 g/mol. The van der Waals surface area contributed by atoms with Crippen LogP contribution in [0.3, 0.4) is 0 Å². The van der Waals surface area contributed by atoms with E-state index in [1.54, 1.807) is 11.9 Å². The van der Waals surface area contributed by atoms with Crippen LogP contribution in [0.1, 0.15) is 47.0 Å². The Balaban J connectivity index is 3.73. The van der Waals surface area contributed by atoms with E-state index in [4.69, 9.17) is 9.47 Å². The summed E-state index contributed by atoms with van der Waals surface area (Å²) in [5, 5.41) is 0. The summed E-state index contributed by atoms with van der Waals surface area (Å²) in [7, 11) is 1.73. The van der Waals surface area contributed by atoms with Gasteiger partial charge in [0.15, 0.2) is 0 Å². The molecule has 4 nitrogen and oxygen atoms in total. The van der Waals surface area contributed by atoms with Crippen LogP contribution in [-0.2, 0) is 9.47 Å². The Labute approximate surface area is 129 Å². The van der Waals surface area contributed by atoms with Gasteiger partial charge in [-0.05, 0) is 33.6 Å². The van der Waals surface area contributed by atoms with Crippen LogP contribution in [0.5, 0.6) is 0 Å². The lowest BCUT2D eigenvalue weighted by Crippen LogP contribution is -2.34. The average molecular weight is 297 g/mol. The standard InChI is InChI=1S/C17H31NO3/c1-6-7-14-20-15-12-10-8-9-11-13-18(5)16(19)21-17(2,3)4/h8-11H,6-7,12-15H2,1-5H3/b10-8+,11-9+. The van der Waals surface area contributed by atoms with Gasteiger partial charge in [0.2, 0.25) is 0 Å². The molecule has 0 rings (SSSR count). The second-order valence-corrected chi connectivity index (χ2v) is 5.97. The summed E-state index contributed by atoms with van der Waals surface area (Å²) in [5.41, 5.74) is -0.452. The summed E-state index contributed by atoms with van der Waals surface area (Å²) in [5.74, 6) is 0. The van der Waals surface area contributed by atoms with E-state index in [1.807, 2.05) is 39.0 Å². The number of amides is 1. The van der Waals surface area contributed by atoms with Crippen molar-refractivity contribution in [2.24, 2.45) is 0 Å². The number of unbranched alkanes of at least 4 members (excludes halogenated alkanes) is 1. The van der Waals surface area contributed by atoms with Gasteiger partial charge in [-0.15, -0.1) is 0 Å². The summed E-state index contributed by atoms with van der Waals surface area (Å²) < 4.78 is 10.7. The maximum atomic E-state index is 11.7. The molecule has 21 heavy (non-hydrogen) atoms. The smallest absolute Gasteiger partial charge is 0.410 e. The second kappa shape index (κ2) is 11.4. The molecule has 1 amide bonds. The van der Waals surface area contributed by atoms with Gasteiger partial charge in [0, 0.05) is 20.2 Å². The lowest BCUT2D eigenvalue weighted by molar-refractivity contribution is 0.0318. The second-order valence-electron chi connectivity index (χ2n) is 5.97. The van der Waals surface area contributed by atoms with Crippen LogP contribution in [0.25, 0.3) is 0 Å². The number of likely N-dealkylation sites (N-methyl/N-ethyl adjacent to an activating group) is 1. The zero-order valence-electron chi connectivity index (χ0n) is 14.2. The van der Waals surface area contributed by atoms with Crippen molar-refractivity contribution in [2.45, 2.75) is 52.6 Å². The van der Waals surface area contributed by atoms with Crippen LogP contribution in [0.15, 0.2) is 24.3 Å². The first kappa shape index (κ1) is 19.7. The maximum Gasteiger partial charge on any atom is 0.410 e. The average Bonchev–Trinajstić information content (AvgIpc) is 2.38. The number of nitrogens with zero attached hydrogens (tertiary/aromatic N) is 1. The molecule has 0 aliphatic heterocycles. The predicted octanol–water partition coefficient (Wildman–Crippen LogP) is 4.17. The number of carbonyl (C=O) groups excluding carboxylic acids is 1. The minimum absolute atomic E-state index is 0.305. The number of hydrogen-bond acceptors (Lipinski definition) is 3. The van der Waals surface area contributed by atoms with Gasteiger partial charge in [-0.1, -0.05) is 37.6 Å². The lowest BCUT2D eigenvalue weighted by atomic mass is 10.2. The first-order valence-corrected chi connectivity index (χ1v) is 7.70. The zero-order valence-corrected chi connectivity index (χ0v) is 14.2. The Morgan fingerprint density at radius 2 is 1.81 bits per heavy atom. The Hall–Kier alpha value is -1.29. The van der Waals surface area contributed by atoms with Crippen molar-refractivity contribution >= 4 is 6.09 Å². The fourth-order valence-electron chi connectivity index (χ4n) is 1.39. The van der Waals surface area contributed by atoms with Gasteiger partial charge >= 0.3 is 6.09 Å². The van der Waals surface area contributed by atoms with E-state index >= 15 is 0 Å². The fourth-order valence-corrected chi connectivity index (χ4v) is 1.39. The van der Waals surface area contributed by atoms with E-state index < -0.39 is 5.60 Å². The van der Waals surface area contributed by atoms with Crippen LogP contribution >= 0.6 is 0 Å². The van der Waals surface area contributed by atoms with Crippen LogP contribution in [-0.4, -0.2) is 43.4 Å². The topological polar surface area (TPSA) is 38.8 Å². The molecular weight excluding hydrogens is 266 g/mol. The van der Waals surface area contributed by atoms with E-state index in [0.717, 1.165) is 26.1 Å².